The number of ether oxygens (including phenoxy) is 2. The Morgan fingerprint density at radius 3 is 2.69 bits per heavy atom. The molecule has 0 bridgehead atoms. The minimum Gasteiger partial charge on any atom is -0.491 e. The Morgan fingerprint density at radius 1 is 1.24 bits per heavy atom. The van der Waals surface area contributed by atoms with Gasteiger partial charge in [0.2, 0.25) is 5.91 Å². The number of fused-ring (bicyclic) bond motifs is 1. The topological polar surface area (TPSA) is 144 Å². The number of nitrogens with two attached hydrogens (primary N) is 1. The highest BCUT2D eigenvalue weighted by molar-refractivity contribution is 6.06. The van der Waals surface area contributed by atoms with Crippen molar-refractivity contribution in [3.63, 3.8) is 0 Å². The molecule has 2 atom stereocenters. The van der Waals surface area contributed by atoms with Crippen molar-refractivity contribution in [2.24, 2.45) is 11.7 Å². The molecule has 29 heavy (non-hydrogen) atoms. The lowest BCUT2D eigenvalue weighted by molar-refractivity contribution is -0.143. The van der Waals surface area contributed by atoms with Crippen molar-refractivity contribution in [2.75, 3.05) is 13.7 Å². The average molecular weight is 398 g/mol. The number of carbonyl (C=O) groups excluding carboxylic acids is 3. The highest BCUT2D eigenvalue weighted by Crippen LogP contribution is 2.24. The van der Waals surface area contributed by atoms with E-state index in [4.69, 9.17) is 15.9 Å². The summed E-state index contributed by atoms with van der Waals surface area (Å²) in [6.45, 7) is 0.286. The van der Waals surface area contributed by atoms with Gasteiger partial charge in [-0.05, 0) is 41.5 Å². The summed E-state index contributed by atoms with van der Waals surface area (Å²) in [6.07, 6.45) is 0.574. The maximum absolute atomic E-state index is 11.9. The average Bonchev–Trinajstić information content (AvgIpc) is 3.04. The normalized spacial score (nSPS) is 18.2. The lowest BCUT2D eigenvalue weighted by Crippen LogP contribution is -2.35. The van der Waals surface area contributed by atoms with Crippen LogP contribution < -0.4 is 21.1 Å². The van der Waals surface area contributed by atoms with Gasteiger partial charge >= 0.3 is 5.97 Å². The summed E-state index contributed by atoms with van der Waals surface area (Å²) < 4.78 is 10.4. The first-order valence-electron chi connectivity index (χ1n) is 9.05. The van der Waals surface area contributed by atoms with Crippen LogP contribution in [0.4, 0.5) is 0 Å². The largest absolute Gasteiger partial charge is 0.491 e. The van der Waals surface area contributed by atoms with Crippen molar-refractivity contribution < 1.29 is 23.9 Å². The molecule has 0 saturated carbocycles. The molecule has 0 spiro atoms. The SMILES string of the molecule is COC(=O)C[C@@H]1C[C@@H](COc2ccc3cc(C(=O)NC(=N)N)ccc3c2)NC1=O. The standard InChI is InChI=1S/C20H22N4O5/c1-28-17(25)9-14-7-15(23-19(14)27)10-29-16-5-4-11-6-13(3-2-12(11)8-16)18(26)24-20(21)22/h2-6,8,14-15H,7,9-10H2,1H3,(H,23,27)(H4,21,22,24,26)/t14-,15-/m0/s1. The van der Waals surface area contributed by atoms with E-state index in [0.717, 1.165) is 10.8 Å². The Morgan fingerprint density at radius 2 is 1.97 bits per heavy atom. The second kappa shape index (κ2) is 8.59. The summed E-state index contributed by atoms with van der Waals surface area (Å²) in [5, 5.41) is 13.9. The number of methoxy groups -OCH3 is 1. The molecule has 152 valence electrons. The first-order valence-corrected chi connectivity index (χ1v) is 9.05. The van der Waals surface area contributed by atoms with Crippen molar-refractivity contribution in [2.45, 2.75) is 18.9 Å². The van der Waals surface area contributed by atoms with Gasteiger partial charge in [-0.15, -0.1) is 0 Å². The molecule has 2 amide bonds. The van der Waals surface area contributed by atoms with Crippen molar-refractivity contribution in [3.05, 3.63) is 42.0 Å². The molecule has 1 aliphatic rings. The van der Waals surface area contributed by atoms with E-state index in [1.165, 1.54) is 7.11 Å². The molecule has 1 fully saturated rings. The fourth-order valence-corrected chi connectivity index (χ4v) is 3.24. The molecule has 2 aromatic carbocycles. The fourth-order valence-electron chi connectivity index (χ4n) is 3.24. The molecule has 0 aromatic heterocycles. The van der Waals surface area contributed by atoms with Gasteiger partial charge in [-0.2, -0.15) is 0 Å². The molecule has 9 nitrogen and oxygen atoms in total. The fraction of sp³-hybridized carbons (Fsp3) is 0.300. The molecule has 0 unspecified atom stereocenters. The third-order valence-corrected chi connectivity index (χ3v) is 4.70. The number of hydrogen-bond acceptors (Lipinski definition) is 6. The molecular formula is C20H22N4O5. The molecule has 1 aliphatic heterocycles. The predicted molar refractivity (Wildman–Crippen MR) is 105 cm³/mol. The van der Waals surface area contributed by atoms with Crippen LogP contribution in [0.15, 0.2) is 36.4 Å². The number of hydrogen-bond donors (Lipinski definition) is 4. The van der Waals surface area contributed by atoms with Crippen LogP contribution in [-0.4, -0.2) is 43.5 Å². The summed E-state index contributed by atoms with van der Waals surface area (Å²) in [4.78, 5) is 35.2. The summed E-state index contributed by atoms with van der Waals surface area (Å²) in [5.74, 6) is -1.20. The minimum atomic E-state index is -0.446. The monoisotopic (exact) mass is 398 g/mol. The number of rotatable bonds is 6. The zero-order valence-electron chi connectivity index (χ0n) is 15.9. The molecule has 2 aromatic rings. The Balaban J connectivity index is 1.61. The maximum atomic E-state index is 11.9. The smallest absolute Gasteiger partial charge is 0.306 e. The van der Waals surface area contributed by atoms with E-state index in [0.29, 0.717) is 17.7 Å². The Labute approximate surface area is 167 Å². The van der Waals surface area contributed by atoms with E-state index in [2.05, 4.69) is 15.4 Å². The van der Waals surface area contributed by atoms with Gasteiger partial charge in [0.1, 0.15) is 12.4 Å². The molecule has 0 radical (unpaired) electrons. The molecule has 0 aliphatic carbocycles. The highest BCUT2D eigenvalue weighted by atomic mass is 16.5. The van der Waals surface area contributed by atoms with Gasteiger partial charge in [0.05, 0.1) is 25.5 Å². The summed E-state index contributed by atoms with van der Waals surface area (Å²) in [5.41, 5.74) is 5.58. The van der Waals surface area contributed by atoms with Crippen LogP contribution in [-0.2, 0) is 14.3 Å². The predicted octanol–water partition coefficient (Wildman–Crippen LogP) is 0.910. The van der Waals surface area contributed by atoms with Crippen molar-refractivity contribution in [1.29, 1.82) is 5.41 Å². The van der Waals surface area contributed by atoms with E-state index < -0.39 is 23.8 Å². The molecule has 3 rings (SSSR count). The third kappa shape index (κ3) is 5.01. The van der Waals surface area contributed by atoms with Crippen molar-refractivity contribution >= 4 is 34.5 Å². The Kier molecular flexibility index (Phi) is 5.96. The molecular weight excluding hydrogens is 376 g/mol. The lowest BCUT2D eigenvalue weighted by atomic mass is 10.0. The Bertz CT molecular complexity index is 974. The van der Waals surface area contributed by atoms with Crippen LogP contribution in [0.25, 0.3) is 10.8 Å². The number of benzene rings is 2. The van der Waals surface area contributed by atoms with E-state index >= 15 is 0 Å². The van der Waals surface area contributed by atoms with Crippen LogP contribution in [0.2, 0.25) is 0 Å². The maximum Gasteiger partial charge on any atom is 0.306 e. The minimum absolute atomic E-state index is 0.0638. The van der Waals surface area contributed by atoms with Crippen LogP contribution in [0.3, 0.4) is 0 Å². The van der Waals surface area contributed by atoms with E-state index in [1.807, 2.05) is 12.1 Å². The number of guanidine groups is 1. The van der Waals surface area contributed by atoms with Crippen LogP contribution in [0.5, 0.6) is 5.75 Å². The third-order valence-electron chi connectivity index (χ3n) is 4.70. The first kappa shape index (κ1) is 20.1. The van der Waals surface area contributed by atoms with Gasteiger partial charge in [0.15, 0.2) is 5.96 Å². The van der Waals surface area contributed by atoms with Gasteiger partial charge in [-0.25, -0.2) is 0 Å². The van der Waals surface area contributed by atoms with E-state index in [-0.39, 0.29) is 25.0 Å². The van der Waals surface area contributed by atoms with Crippen LogP contribution in [0, 0.1) is 11.3 Å². The van der Waals surface area contributed by atoms with Gasteiger partial charge in [-0.3, -0.25) is 25.1 Å². The highest BCUT2D eigenvalue weighted by Gasteiger charge is 2.34. The van der Waals surface area contributed by atoms with Gasteiger partial charge < -0.3 is 20.5 Å². The zero-order valence-corrected chi connectivity index (χ0v) is 15.9. The number of nitrogens with one attached hydrogen (secondary N) is 3. The molecule has 5 N–H and O–H groups in total. The van der Waals surface area contributed by atoms with Crippen molar-refractivity contribution in [1.82, 2.24) is 10.6 Å². The molecule has 9 heteroatoms. The van der Waals surface area contributed by atoms with E-state index in [1.54, 1.807) is 24.3 Å². The number of esters is 1. The second-order valence-electron chi connectivity index (χ2n) is 6.82. The Hall–Kier alpha value is -3.62. The summed E-state index contributed by atoms with van der Waals surface area (Å²) in [7, 11) is 1.30. The summed E-state index contributed by atoms with van der Waals surface area (Å²) in [6, 6.07) is 10.4. The van der Waals surface area contributed by atoms with Gasteiger partial charge in [0.25, 0.3) is 5.91 Å². The van der Waals surface area contributed by atoms with Gasteiger partial charge in [0, 0.05) is 5.56 Å². The summed E-state index contributed by atoms with van der Waals surface area (Å²) >= 11 is 0. The molecule has 1 saturated heterocycles. The van der Waals surface area contributed by atoms with E-state index in [9.17, 15) is 14.4 Å². The zero-order chi connectivity index (χ0) is 21.0. The number of carbonyl (C=O) groups is 3. The lowest BCUT2D eigenvalue weighted by Gasteiger charge is -2.13. The van der Waals surface area contributed by atoms with Crippen LogP contribution >= 0.6 is 0 Å². The van der Waals surface area contributed by atoms with Crippen molar-refractivity contribution in [3.8, 4) is 5.75 Å². The van der Waals surface area contributed by atoms with Crippen LogP contribution in [0.1, 0.15) is 23.2 Å². The molecule has 1 heterocycles. The first-order chi connectivity index (χ1) is 13.9. The van der Waals surface area contributed by atoms with Gasteiger partial charge in [-0.1, -0.05) is 12.1 Å². The number of amides is 2. The quantitative estimate of drug-likeness (QED) is 0.323. The second-order valence-corrected chi connectivity index (χ2v) is 6.82.